The lowest BCUT2D eigenvalue weighted by Crippen LogP contribution is -2.57. The standard InChI is InChI=1S/C34H47FN4O4S/c1-2-37-23-34(26-5-3-6-27(35)19-26,31-7-4-8-32(31)43-33(36)40)25-15-17-38(18-16-25)20-24-21-39(22-24)28-9-11-29(12-10-28)44(41,42)30-13-14-30/h3,5-6,9-12,19,24-25,30-32,37H,2,4,7-8,13-18,20-23H2,1H3,(H2,36,40)/t31-,32-,34?/m0/s1. The van der Waals surface area contributed by atoms with E-state index in [-0.39, 0.29) is 28.5 Å². The molecule has 4 aliphatic rings. The fourth-order valence-corrected chi connectivity index (χ4v) is 10.0. The van der Waals surface area contributed by atoms with Crippen LogP contribution in [0.25, 0.3) is 0 Å². The van der Waals surface area contributed by atoms with Crippen LogP contribution in [0.2, 0.25) is 0 Å². The van der Waals surface area contributed by atoms with E-state index in [1.54, 1.807) is 24.3 Å². The highest BCUT2D eigenvalue weighted by atomic mass is 32.2. The maximum atomic E-state index is 14.7. The number of anilines is 1. The smallest absolute Gasteiger partial charge is 0.404 e. The summed E-state index contributed by atoms with van der Waals surface area (Å²) in [6.45, 7) is 8.54. The number of nitrogens with two attached hydrogens (primary N) is 1. The van der Waals surface area contributed by atoms with Crippen LogP contribution in [0.4, 0.5) is 14.9 Å². The zero-order valence-corrected chi connectivity index (χ0v) is 26.6. The summed E-state index contributed by atoms with van der Waals surface area (Å²) in [7, 11) is -3.16. The number of carbonyl (C=O) groups excluding carboxylic acids is 1. The molecule has 1 unspecified atom stereocenters. The summed E-state index contributed by atoms with van der Waals surface area (Å²) in [5.74, 6) is 0.711. The van der Waals surface area contributed by atoms with Crippen molar-refractivity contribution < 1.29 is 22.3 Å². The van der Waals surface area contributed by atoms with Crippen molar-refractivity contribution in [3.63, 3.8) is 0 Å². The molecule has 2 aliphatic heterocycles. The third-order valence-corrected chi connectivity index (χ3v) is 13.0. The Morgan fingerprint density at radius 2 is 1.77 bits per heavy atom. The number of likely N-dealkylation sites (tertiary alicyclic amines) is 1. The molecule has 240 valence electrons. The van der Waals surface area contributed by atoms with Gasteiger partial charge in [-0.1, -0.05) is 19.1 Å². The maximum Gasteiger partial charge on any atom is 0.404 e. The molecular formula is C34H47FN4O4S. The van der Waals surface area contributed by atoms with Gasteiger partial charge in [-0.15, -0.1) is 0 Å². The second kappa shape index (κ2) is 13.0. The summed E-state index contributed by atoms with van der Waals surface area (Å²) < 4.78 is 45.5. The molecule has 2 heterocycles. The van der Waals surface area contributed by atoms with Gasteiger partial charge in [0.15, 0.2) is 9.84 Å². The minimum atomic E-state index is -3.16. The number of amides is 1. The minimum absolute atomic E-state index is 0.0678. The van der Waals surface area contributed by atoms with Gasteiger partial charge in [0.1, 0.15) is 11.9 Å². The number of primary amides is 1. The van der Waals surface area contributed by atoms with Gasteiger partial charge in [-0.05, 0) is 112 Å². The molecule has 0 bridgehead atoms. The molecule has 0 aromatic heterocycles. The molecule has 2 aliphatic carbocycles. The fourth-order valence-electron chi connectivity index (χ4n) is 8.35. The molecule has 8 nitrogen and oxygen atoms in total. The summed E-state index contributed by atoms with van der Waals surface area (Å²) in [5, 5.41) is 3.43. The average Bonchev–Trinajstić information content (AvgIpc) is 3.77. The van der Waals surface area contributed by atoms with Crippen LogP contribution in [-0.4, -0.2) is 76.6 Å². The second-order valence-electron chi connectivity index (χ2n) is 13.4. The van der Waals surface area contributed by atoms with Crippen LogP contribution in [-0.2, 0) is 20.0 Å². The lowest BCUT2D eigenvalue weighted by molar-refractivity contribution is 0.0122. The maximum absolute atomic E-state index is 14.7. The molecule has 2 aromatic carbocycles. The van der Waals surface area contributed by atoms with Gasteiger partial charge in [0, 0.05) is 49.1 Å². The van der Waals surface area contributed by atoms with Crippen molar-refractivity contribution in [1.29, 1.82) is 0 Å². The molecule has 0 radical (unpaired) electrons. The fraction of sp³-hybridized carbons (Fsp3) is 0.618. The Morgan fingerprint density at radius 1 is 1.05 bits per heavy atom. The highest BCUT2D eigenvalue weighted by Crippen LogP contribution is 2.51. The Hall–Kier alpha value is -2.69. The number of nitrogens with zero attached hydrogens (tertiary/aromatic N) is 2. The van der Waals surface area contributed by atoms with Crippen LogP contribution in [0.3, 0.4) is 0 Å². The van der Waals surface area contributed by atoms with E-state index in [0.29, 0.717) is 23.3 Å². The summed E-state index contributed by atoms with van der Waals surface area (Å²) in [5.41, 5.74) is 7.23. The number of hydrogen-bond donors (Lipinski definition) is 2. The lowest BCUT2D eigenvalue weighted by Gasteiger charge is -2.51. The first-order chi connectivity index (χ1) is 21.2. The van der Waals surface area contributed by atoms with Gasteiger partial charge in [-0.2, -0.15) is 0 Å². The SMILES string of the molecule is CCNCC(c1cccc(F)c1)(C1CCN(CC2CN(c3ccc(S(=O)(=O)C4CC4)cc3)C2)CC1)[C@H]1CCC[C@@H]1OC(N)=O. The van der Waals surface area contributed by atoms with Crippen LogP contribution < -0.4 is 16.0 Å². The van der Waals surface area contributed by atoms with E-state index in [1.807, 2.05) is 12.1 Å². The normalized spacial score (nSPS) is 25.0. The minimum Gasteiger partial charge on any atom is -0.446 e. The largest absolute Gasteiger partial charge is 0.446 e. The van der Waals surface area contributed by atoms with Gasteiger partial charge < -0.3 is 25.6 Å². The van der Waals surface area contributed by atoms with Crippen molar-refractivity contribution in [2.75, 3.05) is 50.7 Å². The number of nitrogens with one attached hydrogen (secondary N) is 1. The van der Waals surface area contributed by atoms with E-state index in [9.17, 15) is 17.6 Å². The Balaban J connectivity index is 1.11. The first-order valence-electron chi connectivity index (χ1n) is 16.4. The van der Waals surface area contributed by atoms with Crippen molar-refractivity contribution >= 4 is 21.6 Å². The number of piperidine rings is 1. The number of rotatable bonds is 12. The van der Waals surface area contributed by atoms with Crippen molar-refractivity contribution in [2.24, 2.45) is 23.5 Å². The molecule has 0 spiro atoms. The number of ether oxygens (including phenoxy) is 1. The second-order valence-corrected chi connectivity index (χ2v) is 15.7. The van der Waals surface area contributed by atoms with Crippen molar-refractivity contribution in [1.82, 2.24) is 10.2 Å². The molecule has 1 amide bonds. The number of carbonyl (C=O) groups is 1. The summed E-state index contributed by atoms with van der Waals surface area (Å²) >= 11 is 0. The van der Waals surface area contributed by atoms with Gasteiger partial charge in [-0.25, -0.2) is 17.6 Å². The zero-order valence-electron chi connectivity index (χ0n) is 25.8. The van der Waals surface area contributed by atoms with Crippen LogP contribution in [0.5, 0.6) is 0 Å². The lowest BCUT2D eigenvalue weighted by atomic mass is 9.58. The Kier molecular flexibility index (Phi) is 9.22. The number of likely N-dealkylation sites (N-methyl/N-ethyl adjacent to an activating group) is 1. The van der Waals surface area contributed by atoms with Crippen LogP contribution >= 0.6 is 0 Å². The van der Waals surface area contributed by atoms with E-state index in [4.69, 9.17) is 10.5 Å². The molecule has 4 fully saturated rings. The molecule has 2 aromatic rings. The van der Waals surface area contributed by atoms with Crippen molar-refractivity contribution in [3.8, 4) is 0 Å². The van der Waals surface area contributed by atoms with Gasteiger partial charge in [0.05, 0.1) is 10.1 Å². The van der Waals surface area contributed by atoms with Crippen molar-refractivity contribution in [3.05, 3.63) is 59.9 Å². The van der Waals surface area contributed by atoms with Gasteiger partial charge >= 0.3 is 6.09 Å². The quantitative estimate of drug-likeness (QED) is 0.351. The van der Waals surface area contributed by atoms with E-state index in [1.165, 1.54) is 6.07 Å². The number of sulfone groups is 1. The topological polar surface area (TPSA) is 105 Å². The first-order valence-corrected chi connectivity index (χ1v) is 18.0. The Labute approximate surface area is 261 Å². The molecular weight excluding hydrogens is 579 g/mol. The van der Waals surface area contributed by atoms with Crippen molar-refractivity contribution in [2.45, 2.75) is 73.5 Å². The monoisotopic (exact) mass is 626 g/mol. The summed E-state index contributed by atoms with van der Waals surface area (Å²) in [4.78, 5) is 17.2. The summed E-state index contributed by atoms with van der Waals surface area (Å²) in [6.07, 6.45) is 5.21. The summed E-state index contributed by atoms with van der Waals surface area (Å²) in [6, 6.07) is 14.5. The molecule has 6 rings (SSSR count). The predicted molar refractivity (Wildman–Crippen MR) is 170 cm³/mol. The van der Waals surface area contributed by atoms with E-state index in [0.717, 1.165) is 95.5 Å². The third-order valence-electron chi connectivity index (χ3n) is 10.7. The first kappa shape index (κ1) is 31.3. The Bertz CT molecular complexity index is 1400. The number of hydrogen-bond acceptors (Lipinski definition) is 7. The van der Waals surface area contributed by atoms with Gasteiger partial charge in [-0.3, -0.25) is 0 Å². The van der Waals surface area contributed by atoms with E-state index >= 15 is 0 Å². The number of halogens is 1. The molecule has 2 saturated heterocycles. The molecule has 3 atom stereocenters. The predicted octanol–water partition coefficient (Wildman–Crippen LogP) is 4.72. The Morgan fingerprint density at radius 3 is 2.41 bits per heavy atom. The highest BCUT2D eigenvalue weighted by Gasteiger charge is 2.52. The molecule has 10 heteroatoms. The molecule has 3 N–H and O–H groups in total. The van der Waals surface area contributed by atoms with Gasteiger partial charge in [0.25, 0.3) is 0 Å². The van der Waals surface area contributed by atoms with Crippen LogP contribution in [0.15, 0.2) is 53.4 Å². The van der Waals surface area contributed by atoms with Gasteiger partial charge in [0.2, 0.25) is 0 Å². The number of benzene rings is 2. The highest BCUT2D eigenvalue weighted by molar-refractivity contribution is 7.92. The van der Waals surface area contributed by atoms with Crippen LogP contribution in [0.1, 0.15) is 57.4 Å². The zero-order chi connectivity index (χ0) is 30.9. The van der Waals surface area contributed by atoms with E-state index < -0.39 is 15.9 Å². The third kappa shape index (κ3) is 6.35. The molecule has 44 heavy (non-hydrogen) atoms. The molecule has 2 saturated carbocycles. The van der Waals surface area contributed by atoms with Crippen LogP contribution in [0, 0.1) is 23.6 Å². The van der Waals surface area contributed by atoms with E-state index in [2.05, 4.69) is 28.1 Å². The average molecular weight is 627 g/mol.